The smallest absolute Gasteiger partial charge is 0.151 e. The van der Waals surface area contributed by atoms with Gasteiger partial charge >= 0.3 is 0 Å². The number of nitrogens with zero attached hydrogens (tertiary/aromatic N) is 1. The number of pyridine rings is 1. The fraction of sp³-hybridized carbons (Fsp3) is 0.0909. The van der Waals surface area contributed by atoms with E-state index in [0.29, 0.717) is 25.7 Å². The third-order valence-corrected chi connectivity index (χ3v) is 3.05. The number of thiocarbonyl (C=S) groups is 1. The number of fused-ring (bicyclic) bond motifs is 1. The van der Waals surface area contributed by atoms with Crippen molar-refractivity contribution in [3.63, 3.8) is 0 Å². The Morgan fingerprint density at radius 3 is 2.81 bits per heavy atom. The van der Waals surface area contributed by atoms with E-state index < -0.39 is 0 Å². The van der Waals surface area contributed by atoms with Crippen molar-refractivity contribution in [1.29, 1.82) is 0 Å². The molecule has 0 radical (unpaired) electrons. The minimum absolute atomic E-state index is 0.0306. The van der Waals surface area contributed by atoms with Gasteiger partial charge in [0, 0.05) is 16.6 Å². The lowest BCUT2D eigenvalue weighted by Gasteiger charge is -2.08. The summed E-state index contributed by atoms with van der Waals surface area (Å²) in [5, 5.41) is 11.2. The van der Waals surface area contributed by atoms with Gasteiger partial charge in [0.15, 0.2) is 5.75 Å². The van der Waals surface area contributed by atoms with Crippen LogP contribution in [-0.4, -0.2) is 14.3 Å². The molecule has 1 aromatic carbocycles. The maximum atomic E-state index is 10.0. The predicted molar refractivity (Wildman–Crippen MR) is 73.8 cm³/mol. The molecule has 0 spiro atoms. The van der Waals surface area contributed by atoms with E-state index in [1.165, 1.54) is 0 Å². The second-order valence-electron chi connectivity index (χ2n) is 3.41. The number of hydrogen-bond acceptors (Lipinski definition) is 3. The van der Waals surface area contributed by atoms with Crippen LogP contribution in [0.5, 0.6) is 5.75 Å². The molecule has 0 amide bonds. The Kier molecular flexibility index (Phi) is 3.06. The first-order valence-corrected chi connectivity index (χ1v) is 5.76. The average molecular weight is 270 g/mol. The van der Waals surface area contributed by atoms with E-state index in [9.17, 15) is 5.11 Å². The van der Waals surface area contributed by atoms with Gasteiger partial charge in [-0.3, -0.25) is 0 Å². The molecule has 0 unspecified atom stereocenters. The number of phenolic OH excluding ortho intramolecular Hbond substituents is 1. The van der Waals surface area contributed by atoms with Crippen LogP contribution in [-0.2, 0) is 0 Å². The van der Waals surface area contributed by atoms with E-state index in [2.05, 4.69) is 17.6 Å². The summed E-state index contributed by atoms with van der Waals surface area (Å²) in [7, 11) is 0. The number of benzene rings is 1. The summed E-state index contributed by atoms with van der Waals surface area (Å²) >= 11 is 15.0. The first-order valence-electron chi connectivity index (χ1n) is 4.53. The van der Waals surface area contributed by atoms with Gasteiger partial charge < -0.3 is 5.11 Å². The maximum absolute atomic E-state index is 10.0. The summed E-state index contributed by atoms with van der Waals surface area (Å²) in [5.41, 5.74) is 1.70. The Hall–Kier alpha value is -0.840. The summed E-state index contributed by atoms with van der Waals surface area (Å²) in [4.78, 5) is 4.25. The van der Waals surface area contributed by atoms with E-state index >= 15 is 0 Å². The molecule has 0 atom stereocenters. The number of thiol groups is 1. The fourth-order valence-corrected chi connectivity index (χ4v) is 2.08. The molecule has 0 saturated heterocycles. The average Bonchev–Trinajstić information content (AvgIpc) is 2.22. The van der Waals surface area contributed by atoms with Crippen molar-refractivity contribution in [2.45, 2.75) is 6.92 Å². The standard InChI is InChI=1S/C11H8ClNOS2/c1-5-2-3-6-8(12)4-7(11(15)16)10(14)9(6)13-5/h2-4,14H,1H3,(H,15,16). The third-order valence-electron chi connectivity index (χ3n) is 2.27. The molecule has 0 saturated carbocycles. The molecule has 1 N–H and O–H groups in total. The van der Waals surface area contributed by atoms with E-state index in [1.54, 1.807) is 6.07 Å². The molecule has 2 rings (SSSR count). The van der Waals surface area contributed by atoms with Gasteiger partial charge in [0.05, 0.1) is 9.22 Å². The molecule has 2 aromatic rings. The van der Waals surface area contributed by atoms with Crippen molar-refractivity contribution < 1.29 is 5.11 Å². The summed E-state index contributed by atoms with van der Waals surface area (Å²) in [5.74, 6) is 0.0306. The molecule has 0 fully saturated rings. The molecule has 2 nitrogen and oxygen atoms in total. The minimum Gasteiger partial charge on any atom is -0.505 e. The van der Waals surface area contributed by atoms with Crippen molar-refractivity contribution in [3.8, 4) is 5.75 Å². The second kappa shape index (κ2) is 4.20. The highest BCUT2D eigenvalue weighted by Crippen LogP contribution is 2.34. The van der Waals surface area contributed by atoms with Gasteiger partial charge in [0.2, 0.25) is 0 Å². The van der Waals surface area contributed by atoms with E-state index in [4.69, 9.17) is 23.8 Å². The second-order valence-corrected chi connectivity index (χ2v) is 4.97. The Morgan fingerprint density at radius 1 is 1.50 bits per heavy atom. The lowest BCUT2D eigenvalue weighted by molar-refractivity contribution is 0.479. The number of aromatic nitrogens is 1. The van der Waals surface area contributed by atoms with Crippen LogP contribution in [0.1, 0.15) is 11.3 Å². The quantitative estimate of drug-likeness (QED) is 0.614. The van der Waals surface area contributed by atoms with Gasteiger partial charge in [-0.25, -0.2) is 4.98 Å². The number of aromatic hydroxyl groups is 1. The summed E-state index contributed by atoms with van der Waals surface area (Å²) in [6.07, 6.45) is 0. The summed E-state index contributed by atoms with van der Waals surface area (Å²) in [6.45, 7) is 1.85. The first-order chi connectivity index (χ1) is 7.50. The van der Waals surface area contributed by atoms with Gasteiger partial charge in [-0.2, -0.15) is 0 Å². The highest BCUT2D eigenvalue weighted by atomic mass is 35.5. The first kappa shape index (κ1) is 11.6. The molecule has 0 aliphatic rings. The zero-order valence-corrected chi connectivity index (χ0v) is 10.8. The van der Waals surface area contributed by atoms with Crippen molar-refractivity contribution in [2.24, 2.45) is 0 Å². The van der Waals surface area contributed by atoms with Crippen LogP contribution in [0.3, 0.4) is 0 Å². The molecule has 82 valence electrons. The zero-order valence-electron chi connectivity index (χ0n) is 8.36. The van der Waals surface area contributed by atoms with Crippen molar-refractivity contribution in [1.82, 2.24) is 4.98 Å². The van der Waals surface area contributed by atoms with Crippen molar-refractivity contribution in [3.05, 3.63) is 34.5 Å². The van der Waals surface area contributed by atoms with Gasteiger partial charge in [0.1, 0.15) is 5.52 Å². The minimum atomic E-state index is 0.0306. The fourth-order valence-electron chi connectivity index (χ4n) is 1.49. The molecular formula is C11H8ClNOS2. The Morgan fingerprint density at radius 2 is 2.19 bits per heavy atom. The highest BCUT2D eigenvalue weighted by Gasteiger charge is 2.13. The molecule has 0 aliphatic carbocycles. The van der Waals surface area contributed by atoms with Crippen LogP contribution >= 0.6 is 36.4 Å². The molecule has 0 aliphatic heterocycles. The largest absolute Gasteiger partial charge is 0.505 e. The van der Waals surface area contributed by atoms with Crippen LogP contribution in [0.25, 0.3) is 10.9 Å². The Labute approximate surface area is 109 Å². The lowest BCUT2D eigenvalue weighted by Crippen LogP contribution is -1.93. The van der Waals surface area contributed by atoms with E-state index in [1.807, 2.05) is 19.1 Å². The number of aryl methyl sites for hydroxylation is 1. The third kappa shape index (κ3) is 1.88. The van der Waals surface area contributed by atoms with Crippen LogP contribution in [0.15, 0.2) is 18.2 Å². The van der Waals surface area contributed by atoms with Gasteiger partial charge in [-0.1, -0.05) is 23.8 Å². The highest BCUT2D eigenvalue weighted by molar-refractivity contribution is 8.11. The molecule has 0 bridgehead atoms. The SMILES string of the molecule is Cc1ccc2c(Cl)cc(C(=S)S)c(O)c2n1. The van der Waals surface area contributed by atoms with Crippen LogP contribution < -0.4 is 0 Å². The topological polar surface area (TPSA) is 33.1 Å². The van der Waals surface area contributed by atoms with Crippen LogP contribution in [0, 0.1) is 6.92 Å². The molecule has 16 heavy (non-hydrogen) atoms. The van der Waals surface area contributed by atoms with Crippen molar-refractivity contribution in [2.75, 3.05) is 0 Å². The van der Waals surface area contributed by atoms with Gasteiger partial charge in [0.25, 0.3) is 0 Å². The Bertz CT molecular complexity index is 598. The normalized spacial score (nSPS) is 10.7. The summed E-state index contributed by atoms with van der Waals surface area (Å²) < 4.78 is 0.296. The van der Waals surface area contributed by atoms with E-state index in [0.717, 1.165) is 5.69 Å². The molecule has 1 aromatic heterocycles. The number of phenols is 1. The Balaban J connectivity index is 2.91. The van der Waals surface area contributed by atoms with Crippen molar-refractivity contribution >= 4 is 51.5 Å². The maximum Gasteiger partial charge on any atom is 0.151 e. The molecular weight excluding hydrogens is 262 g/mol. The predicted octanol–water partition coefficient (Wildman–Crippen LogP) is 3.51. The van der Waals surface area contributed by atoms with Gasteiger partial charge in [-0.15, -0.1) is 12.6 Å². The van der Waals surface area contributed by atoms with E-state index in [-0.39, 0.29) is 5.75 Å². The number of hydrogen-bond donors (Lipinski definition) is 2. The van der Waals surface area contributed by atoms with Crippen LogP contribution in [0.4, 0.5) is 0 Å². The molecule has 1 heterocycles. The lowest BCUT2D eigenvalue weighted by atomic mass is 10.1. The molecule has 5 heteroatoms. The summed E-state index contributed by atoms with van der Waals surface area (Å²) in [6, 6.07) is 5.27. The monoisotopic (exact) mass is 269 g/mol. The van der Waals surface area contributed by atoms with Gasteiger partial charge in [-0.05, 0) is 25.1 Å². The number of halogens is 1. The number of rotatable bonds is 1. The zero-order chi connectivity index (χ0) is 11.9. The van der Waals surface area contributed by atoms with Crippen LogP contribution in [0.2, 0.25) is 5.02 Å².